The zero-order valence-electron chi connectivity index (χ0n) is 13.1. The van der Waals surface area contributed by atoms with Crippen LogP contribution in [0, 0.1) is 0 Å². The lowest BCUT2D eigenvalue weighted by atomic mass is 10.2. The Balaban J connectivity index is 1.49. The standard InChI is InChI=1S/C18H20N4O/c1-21(14-15-7-3-2-4-8-15)12-10-19-18(23)17-13-16-9-5-6-11-22(16)20-17/h2-9,11,13H,10,12,14H2,1H3,(H,19,23). The number of hydrogen-bond acceptors (Lipinski definition) is 3. The van der Waals surface area contributed by atoms with Crippen molar-refractivity contribution in [1.29, 1.82) is 0 Å². The van der Waals surface area contributed by atoms with E-state index in [0.29, 0.717) is 12.2 Å². The lowest BCUT2D eigenvalue weighted by Gasteiger charge is -2.16. The number of fused-ring (bicyclic) bond motifs is 1. The van der Waals surface area contributed by atoms with E-state index >= 15 is 0 Å². The molecule has 5 heteroatoms. The van der Waals surface area contributed by atoms with Crippen LogP contribution in [0.5, 0.6) is 0 Å². The number of nitrogens with one attached hydrogen (secondary N) is 1. The summed E-state index contributed by atoms with van der Waals surface area (Å²) >= 11 is 0. The van der Waals surface area contributed by atoms with Crippen LogP contribution < -0.4 is 5.32 Å². The number of pyridine rings is 1. The van der Waals surface area contributed by atoms with E-state index in [9.17, 15) is 4.79 Å². The zero-order chi connectivity index (χ0) is 16.1. The molecule has 0 atom stereocenters. The molecule has 5 nitrogen and oxygen atoms in total. The van der Waals surface area contributed by atoms with Crippen molar-refractivity contribution in [3.05, 3.63) is 72.1 Å². The zero-order valence-corrected chi connectivity index (χ0v) is 13.1. The highest BCUT2D eigenvalue weighted by atomic mass is 16.1. The molecule has 1 amide bonds. The summed E-state index contributed by atoms with van der Waals surface area (Å²) in [4.78, 5) is 14.3. The largest absolute Gasteiger partial charge is 0.349 e. The molecule has 0 unspecified atom stereocenters. The van der Waals surface area contributed by atoms with Crippen LogP contribution in [0.2, 0.25) is 0 Å². The van der Waals surface area contributed by atoms with Crippen LogP contribution in [0.15, 0.2) is 60.8 Å². The molecule has 0 aliphatic rings. The van der Waals surface area contributed by atoms with Crippen molar-refractivity contribution in [2.45, 2.75) is 6.54 Å². The van der Waals surface area contributed by atoms with E-state index in [1.54, 1.807) is 10.6 Å². The van der Waals surface area contributed by atoms with Crippen molar-refractivity contribution in [3.8, 4) is 0 Å². The van der Waals surface area contributed by atoms with Gasteiger partial charge < -0.3 is 10.2 Å². The molecule has 2 aromatic heterocycles. The maximum Gasteiger partial charge on any atom is 0.271 e. The Kier molecular flexibility index (Phi) is 4.68. The molecule has 23 heavy (non-hydrogen) atoms. The van der Waals surface area contributed by atoms with Crippen molar-refractivity contribution in [1.82, 2.24) is 19.8 Å². The molecule has 118 valence electrons. The number of carbonyl (C=O) groups is 1. The van der Waals surface area contributed by atoms with Crippen molar-refractivity contribution in [2.24, 2.45) is 0 Å². The van der Waals surface area contributed by atoms with Crippen LogP contribution in [-0.2, 0) is 6.54 Å². The van der Waals surface area contributed by atoms with Gasteiger partial charge in [-0.3, -0.25) is 4.79 Å². The van der Waals surface area contributed by atoms with Crippen LogP contribution in [-0.4, -0.2) is 40.6 Å². The summed E-state index contributed by atoms with van der Waals surface area (Å²) in [7, 11) is 2.05. The summed E-state index contributed by atoms with van der Waals surface area (Å²) in [6.07, 6.45) is 1.83. The Bertz CT molecular complexity index is 749. The van der Waals surface area contributed by atoms with Crippen LogP contribution in [0.25, 0.3) is 5.52 Å². The molecule has 0 spiro atoms. The molecular weight excluding hydrogens is 288 g/mol. The lowest BCUT2D eigenvalue weighted by molar-refractivity contribution is 0.0944. The highest BCUT2D eigenvalue weighted by Gasteiger charge is 2.10. The summed E-state index contributed by atoms with van der Waals surface area (Å²) in [6.45, 7) is 2.25. The Morgan fingerprint density at radius 1 is 1.17 bits per heavy atom. The Morgan fingerprint density at radius 2 is 1.96 bits per heavy atom. The first kappa shape index (κ1) is 15.2. The van der Waals surface area contributed by atoms with E-state index < -0.39 is 0 Å². The highest BCUT2D eigenvalue weighted by Crippen LogP contribution is 2.05. The first-order valence-corrected chi connectivity index (χ1v) is 7.67. The monoisotopic (exact) mass is 308 g/mol. The van der Waals surface area contributed by atoms with E-state index in [2.05, 4.69) is 27.4 Å². The second-order valence-corrected chi connectivity index (χ2v) is 5.58. The maximum atomic E-state index is 12.1. The molecule has 0 radical (unpaired) electrons. The van der Waals surface area contributed by atoms with Gasteiger partial charge in [0.2, 0.25) is 0 Å². The fourth-order valence-electron chi connectivity index (χ4n) is 2.47. The second kappa shape index (κ2) is 7.07. The highest BCUT2D eigenvalue weighted by molar-refractivity contribution is 5.93. The normalized spacial score (nSPS) is 11.0. The molecule has 0 aliphatic heterocycles. The number of carbonyl (C=O) groups excluding carboxylic acids is 1. The molecule has 0 saturated carbocycles. The number of nitrogens with zero attached hydrogens (tertiary/aromatic N) is 3. The molecule has 3 aromatic rings. The number of hydrogen-bond donors (Lipinski definition) is 1. The van der Waals surface area contributed by atoms with Gasteiger partial charge in [-0.1, -0.05) is 36.4 Å². The third-order valence-corrected chi connectivity index (χ3v) is 3.68. The number of amides is 1. The van der Waals surface area contributed by atoms with Gasteiger partial charge in [0.1, 0.15) is 0 Å². The minimum Gasteiger partial charge on any atom is -0.349 e. The fourth-order valence-corrected chi connectivity index (χ4v) is 2.47. The van der Waals surface area contributed by atoms with E-state index in [-0.39, 0.29) is 5.91 Å². The second-order valence-electron chi connectivity index (χ2n) is 5.58. The lowest BCUT2D eigenvalue weighted by Crippen LogP contribution is -2.33. The average Bonchev–Trinajstić information content (AvgIpc) is 3.00. The summed E-state index contributed by atoms with van der Waals surface area (Å²) in [5.74, 6) is -0.137. The van der Waals surface area contributed by atoms with Crippen molar-refractivity contribution < 1.29 is 4.79 Å². The predicted octanol–water partition coefficient (Wildman–Crippen LogP) is 2.20. The van der Waals surface area contributed by atoms with Crippen molar-refractivity contribution >= 4 is 11.4 Å². The van der Waals surface area contributed by atoms with Gasteiger partial charge in [0.05, 0.1) is 5.52 Å². The fraction of sp³-hybridized carbons (Fsp3) is 0.222. The summed E-state index contributed by atoms with van der Waals surface area (Å²) < 4.78 is 1.70. The van der Waals surface area contributed by atoms with E-state index in [1.807, 2.05) is 49.6 Å². The van der Waals surface area contributed by atoms with Crippen molar-refractivity contribution in [2.75, 3.05) is 20.1 Å². The van der Waals surface area contributed by atoms with Gasteiger partial charge in [-0.15, -0.1) is 0 Å². The third kappa shape index (κ3) is 3.96. The SMILES string of the molecule is CN(CCNC(=O)c1cc2ccccn2n1)Cc1ccccc1. The summed E-state index contributed by atoms with van der Waals surface area (Å²) in [5.41, 5.74) is 2.63. The van der Waals surface area contributed by atoms with Gasteiger partial charge in [-0.05, 0) is 30.8 Å². The van der Waals surface area contributed by atoms with Crippen LogP contribution in [0.1, 0.15) is 16.1 Å². The molecule has 3 rings (SSSR count). The number of likely N-dealkylation sites (N-methyl/N-ethyl adjacent to an activating group) is 1. The molecule has 0 fully saturated rings. The number of aromatic nitrogens is 2. The van der Waals surface area contributed by atoms with Gasteiger partial charge in [0, 0.05) is 25.8 Å². The smallest absolute Gasteiger partial charge is 0.271 e. The van der Waals surface area contributed by atoms with Gasteiger partial charge in [0.25, 0.3) is 5.91 Å². The van der Waals surface area contributed by atoms with Gasteiger partial charge in [-0.25, -0.2) is 4.52 Å². The molecule has 0 aliphatic carbocycles. The minimum atomic E-state index is -0.137. The summed E-state index contributed by atoms with van der Waals surface area (Å²) in [5, 5.41) is 7.19. The first-order valence-electron chi connectivity index (χ1n) is 7.67. The first-order chi connectivity index (χ1) is 11.2. The van der Waals surface area contributed by atoms with Crippen molar-refractivity contribution in [3.63, 3.8) is 0 Å². The Labute approximate surface area is 135 Å². The van der Waals surface area contributed by atoms with E-state index in [4.69, 9.17) is 0 Å². The van der Waals surface area contributed by atoms with E-state index in [0.717, 1.165) is 18.6 Å². The molecule has 1 aromatic carbocycles. The average molecular weight is 308 g/mol. The molecular formula is C18H20N4O. The van der Waals surface area contributed by atoms with Gasteiger partial charge in [0.15, 0.2) is 5.69 Å². The third-order valence-electron chi connectivity index (χ3n) is 3.68. The Morgan fingerprint density at radius 3 is 2.74 bits per heavy atom. The molecule has 0 bridgehead atoms. The van der Waals surface area contributed by atoms with Crippen LogP contribution >= 0.6 is 0 Å². The van der Waals surface area contributed by atoms with E-state index in [1.165, 1.54) is 5.56 Å². The number of benzene rings is 1. The predicted molar refractivity (Wildman–Crippen MR) is 90.3 cm³/mol. The molecule has 1 N–H and O–H groups in total. The Hall–Kier alpha value is -2.66. The minimum absolute atomic E-state index is 0.137. The molecule has 0 saturated heterocycles. The number of rotatable bonds is 6. The maximum absolute atomic E-state index is 12.1. The van der Waals surface area contributed by atoms with Gasteiger partial charge >= 0.3 is 0 Å². The van der Waals surface area contributed by atoms with Gasteiger partial charge in [-0.2, -0.15) is 5.10 Å². The van der Waals surface area contributed by atoms with Crippen LogP contribution in [0.3, 0.4) is 0 Å². The molecule has 2 heterocycles. The topological polar surface area (TPSA) is 49.6 Å². The quantitative estimate of drug-likeness (QED) is 0.759. The summed E-state index contributed by atoms with van der Waals surface area (Å²) in [6, 6.07) is 17.8. The van der Waals surface area contributed by atoms with Crippen LogP contribution in [0.4, 0.5) is 0 Å².